The second kappa shape index (κ2) is 7.00. The molecule has 4 rings (SSSR count). The molecule has 4 atom stereocenters. The zero-order valence-corrected chi connectivity index (χ0v) is 17.5. The topological polar surface area (TPSA) is 123 Å². The number of fused-ring (bicyclic) bond motifs is 2. The van der Waals surface area contributed by atoms with Crippen molar-refractivity contribution >= 4 is 17.5 Å². The van der Waals surface area contributed by atoms with Gasteiger partial charge in [0.1, 0.15) is 11.9 Å². The monoisotopic (exact) mass is 432 g/mol. The summed E-state index contributed by atoms with van der Waals surface area (Å²) in [5.74, 6) is -2.50. The van der Waals surface area contributed by atoms with Crippen LogP contribution in [0, 0.1) is 50.2 Å². The molecule has 31 heavy (non-hydrogen) atoms. The molecule has 0 saturated carbocycles. The van der Waals surface area contributed by atoms with Crippen LogP contribution < -0.4 is 4.74 Å². The Hall–Kier alpha value is -3.57. The van der Waals surface area contributed by atoms with E-state index in [0.717, 1.165) is 0 Å². The maximum Gasteiger partial charge on any atom is 0.219 e. The first kappa shape index (κ1) is 20.7. The molecule has 0 aliphatic carbocycles. The molecule has 2 heterocycles. The smallest absolute Gasteiger partial charge is 0.219 e. The molecule has 2 aliphatic rings. The number of nitrogens with one attached hydrogen (secondary N) is 1. The van der Waals surface area contributed by atoms with Gasteiger partial charge in [-0.2, -0.15) is 15.8 Å². The highest BCUT2D eigenvalue weighted by molar-refractivity contribution is 6.30. The van der Waals surface area contributed by atoms with Crippen molar-refractivity contribution in [1.82, 2.24) is 0 Å². The number of hydrogen-bond acceptors (Lipinski definition) is 7. The fraction of sp³-hybridized carbons (Fsp3) is 0.304. The number of para-hydroxylation sites is 1. The van der Waals surface area contributed by atoms with E-state index in [9.17, 15) is 15.8 Å². The normalized spacial score (nSPS) is 30.4. The number of hydrogen-bond donors (Lipinski definition) is 1. The van der Waals surface area contributed by atoms with Crippen LogP contribution in [0.4, 0.5) is 0 Å². The average Bonchev–Trinajstić information content (AvgIpc) is 2.96. The summed E-state index contributed by atoms with van der Waals surface area (Å²) in [4.78, 5) is 0. The van der Waals surface area contributed by atoms with E-state index in [0.29, 0.717) is 21.9 Å². The summed E-state index contributed by atoms with van der Waals surface area (Å²) < 4.78 is 17.6. The van der Waals surface area contributed by atoms with E-state index >= 15 is 0 Å². The minimum Gasteiger partial charge on any atom is -0.496 e. The van der Waals surface area contributed by atoms with E-state index in [2.05, 4.69) is 6.07 Å². The van der Waals surface area contributed by atoms with Gasteiger partial charge >= 0.3 is 0 Å². The van der Waals surface area contributed by atoms with Crippen LogP contribution in [0.3, 0.4) is 0 Å². The second-order valence-corrected chi connectivity index (χ2v) is 8.06. The molecule has 8 heteroatoms. The van der Waals surface area contributed by atoms with Gasteiger partial charge in [-0.05, 0) is 23.8 Å². The molecule has 2 bridgehead atoms. The Bertz CT molecular complexity index is 1180. The lowest BCUT2D eigenvalue weighted by molar-refractivity contribution is -0.253. The number of rotatable bonds is 3. The molecule has 2 aliphatic heterocycles. The van der Waals surface area contributed by atoms with Crippen LogP contribution in [0.5, 0.6) is 5.75 Å². The number of ether oxygens (including phenoxy) is 3. The van der Waals surface area contributed by atoms with Crippen molar-refractivity contribution in [2.24, 2.45) is 10.8 Å². The number of halogens is 1. The van der Waals surface area contributed by atoms with Crippen molar-refractivity contribution in [1.29, 1.82) is 21.2 Å². The lowest BCUT2D eigenvalue weighted by atomic mass is 9.52. The molecule has 2 saturated heterocycles. The maximum absolute atomic E-state index is 10.5. The third kappa shape index (κ3) is 2.50. The van der Waals surface area contributed by atoms with Gasteiger partial charge in [-0.15, -0.1) is 0 Å². The van der Waals surface area contributed by atoms with E-state index in [1.807, 2.05) is 12.1 Å². The lowest BCUT2D eigenvalue weighted by Gasteiger charge is -2.49. The Labute approximate surface area is 184 Å². The number of nitrogens with zero attached hydrogens (tertiary/aromatic N) is 3. The van der Waals surface area contributed by atoms with Gasteiger partial charge < -0.3 is 14.2 Å². The standard InChI is InChI=1S/C23H17ClN4O3/c1-21-18(16-5-3-4-6-17(16)29-2)23(13-27,20(28)31-21)22(11-25,12-26)19(30-21)14-7-9-15(24)10-8-14/h3-10,18-19,28H,1-2H3. The fourth-order valence-electron chi connectivity index (χ4n) is 4.79. The minimum absolute atomic E-state index is 0.440. The molecule has 0 radical (unpaired) electrons. The molecule has 2 aromatic rings. The first-order valence-electron chi connectivity index (χ1n) is 9.41. The quantitative estimate of drug-likeness (QED) is 0.763. The summed E-state index contributed by atoms with van der Waals surface area (Å²) in [5, 5.41) is 40.2. The molecule has 7 nitrogen and oxygen atoms in total. The first-order valence-corrected chi connectivity index (χ1v) is 9.79. The van der Waals surface area contributed by atoms with Gasteiger partial charge in [0.15, 0.2) is 5.41 Å². The highest BCUT2D eigenvalue weighted by atomic mass is 35.5. The number of methoxy groups -OCH3 is 1. The van der Waals surface area contributed by atoms with Crippen LogP contribution in [-0.2, 0) is 9.47 Å². The Morgan fingerprint density at radius 3 is 2.26 bits per heavy atom. The van der Waals surface area contributed by atoms with Gasteiger partial charge in [0.05, 0.1) is 31.2 Å². The van der Waals surface area contributed by atoms with Crippen LogP contribution in [0.15, 0.2) is 48.5 Å². The van der Waals surface area contributed by atoms with Crippen LogP contribution in [-0.4, -0.2) is 18.8 Å². The second-order valence-electron chi connectivity index (χ2n) is 7.62. The molecule has 2 aromatic carbocycles. The summed E-state index contributed by atoms with van der Waals surface area (Å²) in [6.07, 6.45) is -1.15. The average molecular weight is 433 g/mol. The lowest BCUT2D eigenvalue weighted by Crippen LogP contribution is -2.57. The summed E-state index contributed by atoms with van der Waals surface area (Å²) in [5.41, 5.74) is -3.02. The molecular formula is C23H17ClN4O3. The Morgan fingerprint density at radius 2 is 1.68 bits per heavy atom. The van der Waals surface area contributed by atoms with Crippen molar-refractivity contribution in [3.8, 4) is 24.0 Å². The van der Waals surface area contributed by atoms with Gasteiger partial charge in [0.25, 0.3) is 0 Å². The third-order valence-corrected chi connectivity index (χ3v) is 6.39. The molecule has 0 spiro atoms. The van der Waals surface area contributed by atoms with E-state index in [1.54, 1.807) is 55.5 Å². The van der Waals surface area contributed by atoms with E-state index < -0.39 is 34.5 Å². The Balaban J connectivity index is 2.05. The van der Waals surface area contributed by atoms with Gasteiger partial charge in [-0.1, -0.05) is 41.9 Å². The molecule has 154 valence electrons. The third-order valence-electron chi connectivity index (χ3n) is 6.14. The fourth-order valence-corrected chi connectivity index (χ4v) is 4.92. The molecule has 4 unspecified atom stereocenters. The predicted molar refractivity (Wildman–Crippen MR) is 110 cm³/mol. The molecular weight excluding hydrogens is 416 g/mol. The Morgan fingerprint density at radius 1 is 1.03 bits per heavy atom. The van der Waals surface area contributed by atoms with E-state index in [1.165, 1.54) is 7.11 Å². The molecule has 0 aromatic heterocycles. The summed E-state index contributed by atoms with van der Waals surface area (Å²) in [6, 6.07) is 19.6. The first-order chi connectivity index (χ1) is 14.8. The van der Waals surface area contributed by atoms with Crippen molar-refractivity contribution in [2.75, 3.05) is 7.11 Å². The summed E-state index contributed by atoms with van der Waals surface area (Å²) >= 11 is 6.00. The molecule has 1 N–H and O–H groups in total. The van der Waals surface area contributed by atoms with E-state index in [4.69, 9.17) is 31.2 Å². The van der Waals surface area contributed by atoms with Crippen molar-refractivity contribution in [3.05, 3.63) is 64.7 Å². The zero-order chi connectivity index (χ0) is 22.4. The van der Waals surface area contributed by atoms with Gasteiger partial charge in [-0.3, -0.25) is 5.41 Å². The van der Waals surface area contributed by atoms with Gasteiger partial charge in [0, 0.05) is 17.5 Å². The van der Waals surface area contributed by atoms with Crippen molar-refractivity contribution in [3.63, 3.8) is 0 Å². The highest BCUT2D eigenvalue weighted by Crippen LogP contribution is 2.70. The largest absolute Gasteiger partial charge is 0.496 e. The predicted octanol–water partition coefficient (Wildman–Crippen LogP) is 4.47. The van der Waals surface area contributed by atoms with Crippen molar-refractivity contribution < 1.29 is 14.2 Å². The zero-order valence-electron chi connectivity index (χ0n) is 16.7. The molecule has 0 amide bonds. The summed E-state index contributed by atoms with van der Waals surface area (Å²) in [6.45, 7) is 1.61. The summed E-state index contributed by atoms with van der Waals surface area (Å²) in [7, 11) is 1.48. The highest BCUT2D eigenvalue weighted by Gasteiger charge is 2.80. The van der Waals surface area contributed by atoms with Crippen LogP contribution in [0.2, 0.25) is 5.02 Å². The van der Waals surface area contributed by atoms with Crippen LogP contribution in [0.1, 0.15) is 30.1 Å². The van der Waals surface area contributed by atoms with Crippen LogP contribution in [0.25, 0.3) is 0 Å². The van der Waals surface area contributed by atoms with Crippen LogP contribution >= 0.6 is 11.6 Å². The number of nitriles is 3. The number of benzene rings is 2. The Kier molecular flexibility index (Phi) is 4.67. The van der Waals surface area contributed by atoms with E-state index in [-0.39, 0.29) is 0 Å². The maximum atomic E-state index is 10.5. The SMILES string of the molecule is COc1ccccc1C1C2(C)OC(=N)C1(C#N)C(C#N)(C#N)C(c1ccc(Cl)cc1)O2. The van der Waals surface area contributed by atoms with Gasteiger partial charge in [-0.25, -0.2) is 0 Å². The van der Waals surface area contributed by atoms with Crippen molar-refractivity contribution in [2.45, 2.75) is 24.7 Å². The molecule has 2 fully saturated rings. The van der Waals surface area contributed by atoms with Gasteiger partial charge in [0.2, 0.25) is 17.1 Å². The minimum atomic E-state index is -2.08.